The summed E-state index contributed by atoms with van der Waals surface area (Å²) in [6.07, 6.45) is -0.257. The minimum atomic E-state index is -0.257. The summed E-state index contributed by atoms with van der Waals surface area (Å²) in [6.45, 7) is 0. The summed E-state index contributed by atoms with van der Waals surface area (Å²) >= 11 is 0. The summed E-state index contributed by atoms with van der Waals surface area (Å²) in [4.78, 5) is 25.1. The molecule has 0 aromatic heterocycles. The lowest BCUT2D eigenvalue weighted by Crippen LogP contribution is -2.21. The second kappa shape index (κ2) is 7.75. The molecule has 0 heterocycles. The van der Waals surface area contributed by atoms with Crippen LogP contribution in [-0.4, -0.2) is 45.0 Å². The topological polar surface area (TPSA) is 58.6 Å². The van der Waals surface area contributed by atoms with Crippen molar-refractivity contribution >= 4 is 11.8 Å². The monoisotopic (exact) mass is 326 g/mol. The largest absolute Gasteiger partial charge is 0.372 e. The van der Waals surface area contributed by atoms with E-state index in [2.05, 4.69) is 5.32 Å². The van der Waals surface area contributed by atoms with Crippen molar-refractivity contribution < 1.29 is 14.3 Å². The molecular weight excluding hydrogens is 304 g/mol. The maximum absolute atomic E-state index is 12.0. The molecule has 0 aliphatic rings. The van der Waals surface area contributed by atoms with Gasteiger partial charge in [-0.15, -0.1) is 0 Å². The van der Waals surface area contributed by atoms with Crippen LogP contribution in [0.25, 0.3) is 0 Å². The molecule has 0 radical (unpaired) electrons. The van der Waals surface area contributed by atoms with Gasteiger partial charge in [-0.3, -0.25) is 9.59 Å². The number of nitrogens with zero attached hydrogens (tertiary/aromatic N) is 1. The zero-order chi connectivity index (χ0) is 17.7. The lowest BCUT2D eigenvalue weighted by molar-refractivity contribution is 0.0827. The van der Waals surface area contributed by atoms with E-state index in [9.17, 15) is 9.59 Å². The average molecular weight is 326 g/mol. The van der Waals surface area contributed by atoms with Gasteiger partial charge in [0.25, 0.3) is 11.8 Å². The van der Waals surface area contributed by atoms with E-state index in [1.165, 1.54) is 0 Å². The zero-order valence-corrected chi connectivity index (χ0v) is 14.4. The molecule has 1 unspecified atom stereocenters. The lowest BCUT2D eigenvalue weighted by atomic mass is 9.99. The van der Waals surface area contributed by atoms with Crippen molar-refractivity contribution in [3.63, 3.8) is 0 Å². The first kappa shape index (κ1) is 17.7. The number of amides is 2. The second-order valence-electron chi connectivity index (χ2n) is 5.64. The van der Waals surface area contributed by atoms with Gasteiger partial charge >= 0.3 is 0 Å². The molecule has 1 N–H and O–H groups in total. The Morgan fingerprint density at radius 1 is 0.917 bits per heavy atom. The molecule has 0 fully saturated rings. The van der Waals surface area contributed by atoms with E-state index in [4.69, 9.17) is 4.74 Å². The molecule has 2 amide bonds. The zero-order valence-electron chi connectivity index (χ0n) is 14.4. The van der Waals surface area contributed by atoms with Crippen LogP contribution in [0.2, 0.25) is 0 Å². The van der Waals surface area contributed by atoms with Gasteiger partial charge in [0, 0.05) is 39.4 Å². The maximum Gasteiger partial charge on any atom is 0.253 e. The van der Waals surface area contributed by atoms with Crippen molar-refractivity contribution in [2.75, 3.05) is 28.3 Å². The van der Waals surface area contributed by atoms with Crippen molar-refractivity contribution in [3.05, 3.63) is 70.8 Å². The predicted octanol–water partition coefficient (Wildman–Crippen LogP) is 2.48. The Hall–Kier alpha value is -2.66. The van der Waals surface area contributed by atoms with Crippen LogP contribution in [0.4, 0.5) is 0 Å². The molecule has 2 rings (SSSR count). The minimum Gasteiger partial charge on any atom is -0.372 e. The Kier molecular flexibility index (Phi) is 5.71. The molecule has 5 nitrogen and oxygen atoms in total. The number of ether oxygens (including phenoxy) is 1. The first-order valence-electron chi connectivity index (χ1n) is 7.64. The summed E-state index contributed by atoms with van der Waals surface area (Å²) in [5, 5.41) is 2.60. The fourth-order valence-corrected chi connectivity index (χ4v) is 2.48. The molecule has 126 valence electrons. The van der Waals surface area contributed by atoms with Crippen LogP contribution in [0.15, 0.2) is 48.5 Å². The van der Waals surface area contributed by atoms with Gasteiger partial charge in [0.05, 0.1) is 0 Å². The molecular formula is C19H22N2O3. The van der Waals surface area contributed by atoms with E-state index in [-0.39, 0.29) is 17.9 Å². The van der Waals surface area contributed by atoms with E-state index < -0.39 is 0 Å². The molecule has 2 aromatic rings. The highest BCUT2D eigenvalue weighted by molar-refractivity contribution is 5.94. The quantitative estimate of drug-likeness (QED) is 0.918. The fourth-order valence-electron chi connectivity index (χ4n) is 2.48. The van der Waals surface area contributed by atoms with Crippen LogP contribution in [0.5, 0.6) is 0 Å². The Balaban J connectivity index is 2.25. The van der Waals surface area contributed by atoms with Crippen LogP contribution in [0.3, 0.4) is 0 Å². The summed E-state index contributed by atoms with van der Waals surface area (Å²) in [7, 11) is 6.69. The van der Waals surface area contributed by atoms with Gasteiger partial charge in [-0.05, 0) is 35.4 Å². The predicted molar refractivity (Wildman–Crippen MR) is 93.1 cm³/mol. The average Bonchev–Trinajstić information content (AvgIpc) is 2.62. The number of rotatable bonds is 5. The Morgan fingerprint density at radius 3 is 1.75 bits per heavy atom. The van der Waals surface area contributed by atoms with Crippen molar-refractivity contribution in [2.24, 2.45) is 0 Å². The molecule has 0 saturated carbocycles. The van der Waals surface area contributed by atoms with Crippen LogP contribution in [0.1, 0.15) is 37.9 Å². The third kappa shape index (κ3) is 3.81. The smallest absolute Gasteiger partial charge is 0.253 e. The van der Waals surface area contributed by atoms with E-state index in [0.717, 1.165) is 11.1 Å². The molecule has 0 aliphatic carbocycles. The highest BCUT2D eigenvalue weighted by Crippen LogP contribution is 2.26. The van der Waals surface area contributed by atoms with Gasteiger partial charge in [-0.25, -0.2) is 0 Å². The van der Waals surface area contributed by atoms with Crippen molar-refractivity contribution in [1.82, 2.24) is 10.2 Å². The molecule has 0 aliphatic heterocycles. The van der Waals surface area contributed by atoms with Crippen LogP contribution in [-0.2, 0) is 4.74 Å². The summed E-state index contributed by atoms with van der Waals surface area (Å²) in [6, 6.07) is 14.6. The maximum atomic E-state index is 12.0. The normalized spacial score (nSPS) is 11.7. The van der Waals surface area contributed by atoms with Gasteiger partial charge in [-0.2, -0.15) is 0 Å². The highest BCUT2D eigenvalue weighted by atomic mass is 16.5. The Labute approximate surface area is 142 Å². The summed E-state index contributed by atoms with van der Waals surface area (Å²) < 4.78 is 5.60. The van der Waals surface area contributed by atoms with Crippen LogP contribution in [0, 0.1) is 0 Å². The molecule has 5 heteroatoms. The van der Waals surface area contributed by atoms with Crippen molar-refractivity contribution in [3.8, 4) is 0 Å². The molecule has 24 heavy (non-hydrogen) atoms. The molecule has 0 saturated heterocycles. The molecule has 0 bridgehead atoms. The van der Waals surface area contributed by atoms with Gasteiger partial charge in [0.1, 0.15) is 6.10 Å². The number of carbonyl (C=O) groups excluding carboxylic acids is 2. The third-order valence-electron chi connectivity index (χ3n) is 3.80. The van der Waals surface area contributed by atoms with E-state index in [1.54, 1.807) is 57.4 Å². The van der Waals surface area contributed by atoms with Gasteiger partial charge in [-0.1, -0.05) is 24.3 Å². The Bertz CT molecular complexity index is 706. The SMILES string of the molecule is CNC(=O)c1ccc(C(OC)c2ccc(C(=O)N(C)C)cc2)cc1. The van der Waals surface area contributed by atoms with Crippen molar-refractivity contribution in [2.45, 2.75) is 6.10 Å². The number of carbonyl (C=O) groups is 2. The van der Waals surface area contributed by atoms with Gasteiger partial charge in [0.15, 0.2) is 0 Å². The fraction of sp³-hybridized carbons (Fsp3) is 0.263. The highest BCUT2D eigenvalue weighted by Gasteiger charge is 2.15. The number of hydrogen-bond acceptors (Lipinski definition) is 3. The number of nitrogens with one attached hydrogen (secondary N) is 1. The molecule has 0 spiro atoms. The van der Waals surface area contributed by atoms with Gasteiger partial charge in [0.2, 0.25) is 0 Å². The van der Waals surface area contributed by atoms with Crippen LogP contribution < -0.4 is 5.32 Å². The Morgan fingerprint density at radius 2 is 1.38 bits per heavy atom. The van der Waals surface area contributed by atoms with E-state index >= 15 is 0 Å². The minimum absolute atomic E-state index is 0.0366. The van der Waals surface area contributed by atoms with Crippen molar-refractivity contribution in [1.29, 1.82) is 0 Å². The summed E-state index contributed by atoms with van der Waals surface area (Å²) in [5.41, 5.74) is 3.12. The van der Waals surface area contributed by atoms with E-state index in [0.29, 0.717) is 11.1 Å². The first-order valence-corrected chi connectivity index (χ1v) is 7.64. The standard InChI is InChI=1S/C19H22N2O3/c1-20-18(22)15-9-5-13(6-10-15)17(24-4)14-7-11-16(12-8-14)19(23)21(2)3/h5-12,17H,1-4H3,(H,20,22). The number of benzene rings is 2. The van der Waals surface area contributed by atoms with Gasteiger partial charge < -0.3 is 15.0 Å². The first-order chi connectivity index (χ1) is 11.5. The third-order valence-corrected chi connectivity index (χ3v) is 3.80. The number of hydrogen-bond donors (Lipinski definition) is 1. The lowest BCUT2D eigenvalue weighted by Gasteiger charge is -2.17. The summed E-state index contributed by atoms with van der Waals surface area (Å²) in [5.74, 6) is -0.160. The molecule has 1 atom stereocenters. The number of methoxy groups -OCH3 is 1. The van der Waals surface area contributed by atoms with Crippen LogP contribution >= 0.6 is 0 Å². The second-order valence-corrected chi connectivity index (χ2v) is 5.64. The van der Waals surface area contributed by atoms with E-state index in [1.807, 2.05) is 24.3 Å². The molecule has 2 aromatic carbocycles.